The van der Waals surface area contributed by atoms with E-state index in [1.165, 1.54) is 0 Å². The zero-order valence-corrected chi connectivity index (χ0v) is 27.0. The van der Waals surface area contributed by atoms with E-state index in [0.717, 1.165) is 0 Å². The van der Waals surface area contributed by atoms with E-state index in [2.05, 4.69) is 36.6 Å². The molecular formula is C23H46ClN10NaO14. The molecular weight excluding hydrogens is 699 g/mol. The van der Waals surface area contributed by atoms with Crippen molar-refractivity contribution in [2.45, 2.75) is 60.0 Å². The quantitative estimate of drug-likeness (QED) is 0.0115. The number of guanidine groups is 2. The summed E-state index contributed by atoms with van der Waals surface area (Å²) in [7, 11) is 0. The van der Waals surface area contributed by atoms with Crippen molar-refractivity contribution in [3.05, 3.63) is 20.2 Å². The standard InChI is InChI=1S/C10H15N5O6.C6H13N5O4.C4H3ClO2.3CH4.Na.2H2O/c1-2-6-21-10(18)13-7(8(16)17)4-3-5-12-9(11)14-15(19)20;7-4(5(12)13)2-1-3-9-6(8)10-11(14)15;1-2-3-7-4(5)6;;;;;;/h1,7H,3-6H2,(H,13,18)(H,16,17)(H3,11,12,14);4H,1-3,7H2,(H,12,13)(H3,8,9,10);1H,3H2;3*1H4;;2*1H2/q;;;;;;+1;;/p-1/t7-;4-;;;;;;;/m00......./s1. The smallest absolute Gasteiger partial charge is 0.870 e. The van der Waals surface area contributed by atoms with Crippen molar-refractivity contribution in [3.8, 4) is 24.7 Å². The molecule has 0 fully saturated rings. The van der Waals surface area contributed by atoms with Crippen molar-refractivity contribution in [2.75, 3.05) is 26.3 Å². The minimum atomic E-state index is -1.26. The van der Waals surface area contributed by atoms with Gasteiger partial charge < -0.3 is 53.2 Å². The first-order valence-corrected chi connectivity index (χ1v) is 11.7. The Hall–Kier alpha value is -4.69. The Morgan fingerprint density at radius 1 is 0.857 bits per heavy atom. The molecule has 0 bridgehead atoms. The Morgan fingerprint density at radius 2 is 1.24 bits per heavy atom. The molecule has 280 valence electrons. The summed E-state index contributed by atoms with van der Waals surface area (Å²) in [5.74, 6) is 1.07. The van der Waals surface area contributed by atoms with Gasteiger partial charge in [0.15, 0.2) is 23.3 Å². The fraction of sp³-hybridized carbons (Fsp3) is 0.565. The third-order valence-electron chi connectivity index (χ3n) is 3.76. The Morgan fingerprint density at radius 3 is 1.55 bits per heavy atom. The van der Waals surface area contributed by atoms with Crippen LogP contribution in [0.25, 0.3) is 0 Å². The second kappa shape index (κ2) is 43.3. The molecule has 0 aromatic rings. The van der Waals surface area contributed by atoms with Gasteiger partial charge in [-0.2, -0.15) is 0 Å². The first-order valence-electron chi connectivity index (χ1n) is 11.3. The molecule has 0 unspecified atom stereocenters. The van der Waals surface area contributed by atoms with Gasteiger partial charge in [-0.15, -0.1) is 12.8 Å². The normalized spacial score (nSPS) is 10.1. The van der Waals surface area contributed by atoms with Crippen LogP contribution in [0.15, 0.2) is 9.98 Å². The summed E-state index contributed by atoms with van der Waals surface area (Å²) in [5, 5.41) is 37.6. The monoisotopic (exact) mass is 744 g/mol. The molecule has 0 aromatic heterocycles. The van der Waals surface area contributed by atoms with E-state index in [1.807, 2.05) is 0 Å². The topological polar surface area (TPSA) is 414 Å². The van der Waals surface area contributed by atoms with Gasteiger partial charge in [-0.25, -0.2) is 44.6 Å². The van der Waals surface area contributed by atoms with Crippen molar-refractivity contribution in [1.29, 1.82) is 0 Å². The predicted molar refractivity (Wildman–Crippen MR) is 174 cm³/mol. The van der Waals surface area contributed by atoms with Crippen molar-refractivity contribution in [1.82, 2.24) is 16.2 Å². The summed E-state index contributed by atoms with van der Waals surface area (Å²) in [6.07, 6.45) is 9.52. The molecule has 0 saturated heterocycles. The number of aliphatic carboxylic acids is 2. The summed E-state index contributed by atoms with van der Waals surface area (Å²) >= 11 is 4.70. The van der Waals surface area contributed by atoms with Crippen molar-refractivity contribution in [2.24, 2.45) is 27.2 Å². The van der Waals surface area contributed by atoms with Gasteiger partial charge in [-0.1, -0.05) is 45.0 Å². The van der Waals surface area contributed by atoms with Gasteiger partial charge in [0.2, 0.25) is 0 Å². The van der Waals surface area contributed by atoms with Crippen LogP contribution >= 0.6 is 11.6 Å². The number of nitrogens with zero attached hydrogens (tertiary/aromatic N) is 4. The van der Waals surface area contributed by atoms with E-state index in [0.29, 0.717) is 6.42 Å². The molecule has 0 saturated carbocycles. The maximum atomic E-state index is 11.2. The Kier molecular flexibility index (Phi) is 58.9. The number of alkyl carbamates (subject to hydrolysis) is 1. The summed E-state index contributed by atoms with van der Waals surface area (Å²) in [6.45, 7) is -0.0842. The van der Waals surface area contributed by atoms with Crippen LogP contribution in [0.5, 0.6) is 0 Å². The van der Waals surface area contributed by atoms with Crippen molar-refractivity contribution < 1.29 is 89.4 Å². The summed E-state index contributed by atoms with van der Waals surface area (Å²) in [4.78, 5) is 69.1. The van der Waals surface area contributed by atoms with Crippen LogP contribution in [0, 0.1) is 44.9 Å². The van der Waals surface area contributed by atoms with Crippen LogP contribution in [0.3, 0.4) is 0 Å². The van der Waals surface area contributed by atoms with E-state index in [9.17, 15) is 39.4 Å². The Bertz CT molecular complexity index is 1090. The largest absolute Gasteiger partial charge is 1.00 e. The minimum Gasteiger partial charge on any atom is -0.870 e. The fourth-order valence-corrected chi connectivity index (χ4v) is 2.09. The van der Waals surface area contributed by atoms with E-state index in [-0.39, 0.29) is 114 Å². The van der Waals surface area contributed by atoms with Crippen LogP contribution in [0.2, 0.25) is 0 Å². The molecule has 0 aliphatic carbocycles. The second-order valence-electron chi connectivity index (χ2n) is 7.05. The average molecular weight is 745 g/mol. The maximum absolute atomic E-state index is 11.2. The van der Waals surface area contributed by atoms with Crippen molar-refractivity contribution >= 4 is 47.0 Å². The van der Waals surface area contributed by atoms with Gasteiger partial charge in [0, 0.05) is 24.7 Å². The van der Waals surface area contributed by atoms with Gasteiger partial charge in [0.05, 0.1) is 0 Å². The number of rotatable bonds is 15. The van der Waals surface area contributed by atoms with Gasteiger partial charge in [-0.3, -0.25) is 4.79 Å². The zero-order chi connectivity index (χ0) is 33.8. The first-order chi connectivity index (χ1) is 20.1. The van der Waals surface area contributed by atoms with Crippen LogP contribution in [0.1, 0.15) is 48.0 Å². The maximum Gasteiger partial charge on any atom is 1.00 e. The number of hydrogen-bond acceptors (Lipinski definition) is 14. The Labute approximate surface area is 310 Å². The van der Waals surface area contributed by atoms with Crippen LogP contribution in [0.4, 0.5) is 9.59 Å². The molecule has 2 atom stereocenters. The average Bonchev–Trinajstić information content (AvgIpc) is 2.89. The molecule has 14 N–H and O–H groups in total. The van der Waals surface area contributed by atoms with Crippen LogP contribution in [-0.4, -0.2) is 105 Å². The number of carbonyl (C=O) groups excluding carboxylic acids is 2. The second-order valence-corrected chi connectivity index (χ2v) is 7.36. The van der Waals surface area contributed by atoms with E-state index >= 15 is 0 Å². The minimum absolute atomic E-state index is 0. The molecule has 0 rings (SSSR count). The molecule has 0 aliphatic rings. The molecule has 0 aliphatic heterocycles. The SMILES string of the molecule is C.C.C.C#CCOC(=O)Cl.C#CCOC(=O)N[C@@H](CCCN=C(N)N[N+](=O)[O-])C(=O)O.NC(=NCCC[C@H](N)C(=O)O)N[N+](=O)[O-].O.[Na+].[OH-]. The number of hydrazine groups is 2. The number of terminal acetylenes is 2. The number of aliphatic imine (C=N–C) groups is 2. The van der Waals surface area contributed by atoms with E-state index in [1.54, 1.807) is 10.9 Å². The Balaban J connectivity index is -0.0000000725. The number of halogens is 1. The molecule has 0 heterocycles. The number of nitrogens with two attached hydrogens (primary N) is 3. The summed E-state index contributed by atoms with van der Waals surface area (Å²) in [5.41, 5.74) is 17.9. The number of nitrogens with one attached hydrogen (secondary N) is 3. The molecule has 0 spiro atoms. The molecule has 1 amide bonds. The third kappa shape index (κ3) is 53.1. The number of ether oxygens (including phenoxy) is 2. The van der Waals surface area contributed by atoms with E-state index < -0.39 is 51.6 Å². The fourth-order valence-electron chi connectivity index (χ4n) is 2.03. The number of amides is 1. The third-order valence-corrected chi connectivity index (χ3v) is 3.87. The zero-order valence-electron chi connectivity index (χ0n) is 24.3. The van der Waals surface area contributed by atoms with Gasteiger partial charge in [-0.05, 0) is 25.7 Å². The van der Waals surface area contributed by atoms with Gasteiger partial charge in [0.1, 0.15) is 12.1 Å². The van der Waals surface area contributed by atoms with Gasteiger partial charge in [0.25, 0.3) is 11.9 Å². The molecule has 49 heavy (non-hydrogen) atoms. The number of carbonyl (C=O) groups is 4. The number of carboxylic acid groups (broad SMARTS) is 2. The van der Waals surface area contributed by atoms with E-state index in [4.69, 9.17) is 51.9 Å². The first kappa shape index (κ1) is 66.7. The number of nitro groups is 2. The molecule has 24 nitrogen and oxygen atoms in total. The number of hydrogen-bond donors (Lipinski definition) is 8. The molecule has 0 radical (unpaired) electrons. The van der Waals surface area contributed by atoms with Crippen LogP contribution in [-0.2, 0) is 19.1 Å². The van der Waals surface area contributed by atoms with Crippen molar-refractivity contribution in [3.63, 3.8) is 0 Å². The molecule has 0 aromatic carbocycles. The predicted octanol–water partition coefficient (Wildman–Crippen LogP) is -4.14. The van der Waals surface area contributed by atoms with Gasteiger partial charge >= 0.3 is 53.0 Å². The number of carboxylic acids is 2. The summed E-state index contributed by atoms with van der Waals surface area (Å²) in [6, 6.07) is -2.12. The van der Waals surface area contributed by atoms with Crippen LogP contribution < -0.4 is 62.9 Å². The molecule has 26 heteroatoms. The summed E-state index contributed by atoms with van der Waals surface area (Å²) < 4.78 is 8.56.